The van der Waals surface area contributed by atoms with Crippen molar-refractivity contribution < 1.29 is 4.74 Å². The maximum Gasteiger partial charge on any atom is 0.224 e. The van der Waals surface area contributed by atoms with Gasteiger partial charge in [-0.05, 0) is 29.8 Å². The molecule has 0 unspecified atom stereocenters. The van der Waals surface area contributed by atoms with Crippen molar-refractivity contribution in [2.75, 3.05) is 6.61 Å². The van der Waals surface area contributed by atoms with Gasteiger partial charge in [-0.25, -0.2) is 4.98 Å². The normalized spacial score (nSPS) is 12.0. The third-order valence-corrected chi connectivity index (χ3v) is 4.91. The van der Waals surface area contributed by atoms with Crippen LogP contribution in [0.1, 0.15) is 5.69 Å². The Morgan fingerprint density at radius 3 is 2.80 bits per heavy atom. The zero-order valence-corrected chi connectivity index (χ0v) is 13.9. The molecule has 20 heavy (non-hydrogen) atoms. The van der Waals surface area contributed by atoms with Gasteiger partial charge in [0, 0.05) is 26.3 Å². The highest BCUT2D eigenvalue weighted by molar-refractivity contribution is 6.76. The summed E-state index contributed by atoms with van der Waals surface area (Å²) < 4.78 is 7.69. The fourth-order valence-electron chi connectivity index (χ4n) is 1.86. The largest absolute Gasteiger partial charge is 0.361 e. The summed E-state index contributed by atoms with van der Waals surface area (Å²) in [6.07, 6.45) is 3.63. The van der Waals surface area contributed by atoms with Crippen LogP contribution < -0.4 is 0 Å². The monoisotopic (exact) mass is 309 g/mol. The molecule has 0 aliphatic heterocycles. The lowest BCUT2D eigenvalue weighted by molar-refractivity contribution is 0.0899. The van der Waals surface area contributed by atoms with E-state index in [2.05, 4.69) is 36.2 Å². The second-order valence-electron chi connectivity index (χ2n) is 5.95. The first-order valence-electron chi connectivity index (χ1n) is 6.63. The number of hydrogen-bond acceptors (Lipinski definition) is 3. The van der Waals surface area contributed by atoms with Crippen molar-refractivity contribution in [3.05, 3.63) is 29.8 Å². The van der Waals surface area contributed by atoms with E-state index >= 15 is 0 Å². The molecule has 2 heterocycles. The van der Waals surface area contributed by atoms with Crippen molar-refractivity contribution in [2.45, 2.75) is 32.4 Å². The maximum atomic E-state index is 5.93. The van der Waals surface area contributed by atoms with E-state index in [4.69, 9.17) is 16.3 Å². The molecule has 0 bridgehead atoms. The van der Waals surface area contributed by atoms with Crippen LogP contribution in [0.15, 0.2) is 18.8 Å². The number of halogens is 1. The zero-order chi connectivity index (χ0) is 14.8. The third kappa shape index (κ3) is 3.68. The summed E-state index contributed by atoms with van der Waals surface area (Å²) in [5.41, 5.74) is 1.54. The van der Waals surface area contributed by atoms with Crippen molar-refractivity contribution in [3.63, 3.8) is 0 Å². The summed E-state index contributed by atoms with van der Waals surface area (Å²) in [5, 5.41) is 1.17. The minimum atomic E-state index is -1.05. The first-order chi connectivity index (χ1) is 9.40. The minimum Gasteiger partial charge on any atom is -0.361 e. The van der Waals surface area contributed by atoms with Crippen LogP contribution in [-0.4, -0.2) is 29.2 Å². The lowest BCUT2D eigenvalue weighted by atomic mass is 10.3. The molecule has 0 amide bonds. The van der Waals surface area contributed by atoms with E-state index in [1.54, 1.807) is 6.08 Å². The molecule has 108 valence electrons. The van der Waals surface area contributed by atoms with Crippen LogP contribution in [0.2, 0.25) is 31.0 Å². The van der Waals surface area contributed by atoms with Gasteiger partial charge >= 0.3 is 0 Å². The molecule has 0 radical (unpaired) electrons. The van der Waals surface area contributed by atoms with E-state index in [-0.39, 0.29) is 5.28 Å². The van der Waals surface area contributed by atoms with Gasteiger partial charge in [0.05, 0.1) is 5.69 Å². The van der Waals surface area contributed by atoms with Gasteiger partial charge in [0.1, 0.15) is 12.4 Å². The van der Waals surface area contributed by atoms with Crippen LogP contribution in [0.4, 0.5) is 0 Å². The van der Waals surface area contributed by atoms with Crippen LogP contribution in [0, 0.1) is 0 Å². The van der Waals surface area contributed by atoms with E-state index in [1.807, 2.05) is 16.8 Å². The quantitative estimate of drug-likeness (QED) is 0.459. The molecular formula is C14H20ClN3OSi. The Morgan fingerprint density at radius 2 is 2.15 bits per heavy atom. The smallest absolute Gasteiger partial charge is 0.224 e. The van der Waals surface area contributed by atoms with Crippen LogP contribution in [0.5, 0.6) is 0 Å². The summed E-state index contributed by atoms with van der Waals surface area (Å²) >= 11 is 5.93. The number of nitrogens with zero attached hydrogens (tertiary/aromatic N) is 3. The summed E-state index contributed by atoms with van der Waals surface area (Å²) in [6, 6.07) is 3.12. The number of aromatic nitrogens is 3. The molecule has 6 heteroatoms. The fraction of sp³-hybridized carbons (Fsp3) is 0.429. The SMILES string of the molecule is C=Cc1nc(Cl)nc2c1ccn2COCC[Si](C)(C)C. The molecular weight excluding hydrogens is 290 g/mol. The maximum absolute atomic E-state index is 5.93. The fourth-order valence-corrected chi connectivity index (χ4v) is 2.79. The molecule has 0 aliphatic carbocycles. The van der Waals surface area contributed by atoms with Crippen molar-refractivity contribution in [1.82, 2.24) is 14.5 Å². The molecule has 2 rings (SSSR count). The van der Waals surface area contributed by atoms with Crippen molar-refractivity contribution in [3.8, 4) is 0 Å². The lowest BCUT2D eigenvalue weighted by Crippen LogP contribution is -2.22. The predicted octanol–water partition coefficient (Wildman–Crippen LogP) is 4.04. The Hall–Kier alpha value is -1.17. The second kappa shape index (κ2) is 6.07. The van der Waals surface area contributed by atoms with Crippen molar-refractivity contribution in [1.29, 1.82) is 0 Å². The van der Waals surface area contributed by atoms with Crippen LogP contribution in [0.25, 0.3) is 17.1 Å². The topological polar surface area (TPSA) is 39.9 Å². The molecule has 0 atom stereocenters. The number of hydrogen-bond donors (Lipinski definition) is 0. The minimum absolute atomic E-state index is 0.231. The van der Waals surface area contributed by atoms with E-state index < -0.39 is 8.07 Å². The van der Waals surface area contributed by atoms with E-state index in [9.17, 15) is 0 Å². The average molecular weight is 310 g/mol. The summed E-state index contributed by atoms with van der Waals surface area (Å²) in [4.78, 5) is 8.42. The Balaban J connectivity index is 2.11. The van der Waals surface area contributed by atoms with E-state index in [1.165, 1.54) is 0 Å². The van der Waals surface area contributed by atoms with Gasteiger partial charge < -0.3 is 9.30 Å². The summed E-state index contributed by atoms with van der Waals surface area (Å²) in [5.74, 6) is 0. The van der Waals surface area contributed by atoms with Gasteiger partial charge in [-0.2, -0.15) is 4.98 Å². The summed E-state index contributed by atoms with van der Waals surface area (Å²) in [7, 11) is -1.05. The van der Waals surface area contributed by atoms with Gasteiger partial charge in [0.25, 0.3) is 0 Å². The highest BCUT2D eigenvalue weighted by Crippen LogP contribution is 2.20. The molecule has 0 aromatic carbocycles. The van der Waals surface area contributed by atoms with E-state index in [0.29, 0.717) is 6.73 Å². The van der Waals surface area contributed by atoms with Crippen LogP contribution in [-0.2, 0) is 11.5 Å². The Kier molecular flexibility index (Phi) is 4.62. The first kappa shape index (κ1) is 15.2. The van der Waals surface area contributed by atoms with Crippen LogP contribution >= 0.6 is 11.6 Å². The Labute approximate surface area is 125 Å². The molecule has 0 aliphatic rings. The van der Waals surface area contributed by atoms with Crippen molar-refractivity contribution in [2.24, 2.45) is 0 Å². The standard InChI is InChI=1S/C14H20ClN3OSi/c1-5-12-11-6-7-18(13(11)17-14(15)16-12)10-19-8-9-20(2,3)4/h5-7H,1,8-10H2,2-4H3. The second-order valence-corrected chi connectivity index (χ2v) is 11.9. The molecule has 0 fully saturated rings. The van der Waals surface area contributed by atoms with Crippen molar-refractivity contribution >= 4 is 36.8 Å². The Morgan fingerprint density at radius 1 is 1.40 bits per heavy atom. The molecule has 0 saturated carbocycles. The molecule has 2 aromatic heterocycles. The lowest BCUT2D eigenvalue weighted by Gasteiger charge is -2.15. The molecule has 2 aromatic rings. The summed E-state index contributed by atoms with van der Waals surface area (Å²) in [6.45, 7) is 12.0. The van der Waals surface area contributed by atoms with E-state index in [0.717, 1.165) is 29.4 Å². The van der Waals surface area contributed by atoms with Gasteiger partial charge in [-0.3, -0.25) is 0 Å². The number of ether oxygens (including phenoxy) is 1. The van der Waals surface area contributed by atoms with Gasteiger partial charge in [0.15, 0.2) is 0 Å². The first-order valence-corrected chi connectivity index (χ1v) is 10.7. The highest BCUT2D eigenvalue weighted by Gasteiger charge is 2.13. The van der Waals surface area contributed by atoms with Crippen LogP contribution in [0.3, 0.4) is 0 Å². The molecule has 0 saturated heterocycles. The van der Waals surface area contributed by atoms with Gasteiger partial charge in [-0.15, -0.1) is 0 Å². The highest BCUT2D eigenvalue weighted by atomic mass is 35.5. The average Bonchev–Trinajstić information content (AvgIpc) is 2.75. The number of rotatable bonds is 6. The Bertz CT molecular complexity index is 619. The van der Waals surface area contributed by atoms with Gasteiger partial charge in [-0.1, -0.05) is 26.2 Å². The molecule has 4 nitrogen and oxygen atoms in total. The third-order valence-electron chi connectivity index (χ3n) is 3.04. The zero-order valence-electron chi connectivity index (χ0n) is 12.2. The van der Waals surface area contributed by atoms with Gasteiger partial charge in [0.2, 0.25) is 5.28 Å². The molecule has 0 spiro atoms. The predicted molar refractivity (Wildman–Crippen MR) is 86.7 cm³/mol. The number of fused-ring (bicyclic) bond motifs is 1. The molecule has 0 N–H and O–H groups in total.